The number of halogens is 1. The molecule has 0 aliphatic carbocycles. The van der Waals surface area contributed by atoms with Crippen LogP contribution in [0, 0.1) is 0 Å². The lowest BCUT2D eigenvalue weighted by atomic mass is 9.94. The summed E-state index contributed by atoms with van der Waals surface area (Å²) < 4.78 is 10.6. The highest BCUT2D eigenvalue weighted by Gasteiger charge is 2.39. The van der Waals surface area contributed by atoms with Crippen LogP contribution in [0.3, 0.4) is 0 Å². The smallest absolute Gasteiger partial charge is 0.338 e. The van der Waals surface area contributed by atoms with Crippen LogP contribution in [0.15, 0.2) is 58.3 Å². The van der Waals surface area contributed by atoms with E-state index in [-0.39, 0.29) is 18.5 Å². The largest absolute Gasteiger partial charge is 0.463 e. The molecule has 1 aromatic heterocycles. The Hall–Kier alpha value is -3.30. The van der Waals surface area contributed by atoms with Gasteiger partial charge in [0.25, 0.3) is 5.91 Å². The predicted molar refractivity (Wildman–Crippen MR) is 130 cm³/mol. The monoisotopic (exact) mass is 500 g/mol. The van der Waals surface area contributed by atoms with E-state index in [4.69, 9.17) is 20.8 Å². The molecule has 35 heavy (non-hydrogen) atoms. The fourth-order valence-corrected chi connectivity index (χ4v) is 4.72. The first-order valence-electron chi connectivity index (χ1n) is 11.7. The summed E-state index contributed by atoms with van der Waals surface area (Å²) in [5.41, 5.74) is 1.59. The number of nitrogens with zero attached hydrogens (tertiary/aromatic N) is 3. The fourth-order valence-electron chi connectivity index (χ4n) is 4.48. The summed E-state index contributed by atoms with van der Waals surface area (Å²) in [6, 6.07) is 9.46. The standard InChI is InChI=1S/C25H29ClN4O5/c1-3-30-19(16-28-11-13-29(14-12-28)23(31)20-10-7-15-35-20)21(24(32)34-4-2)22(27-25(30)33)17-8-5-6-9-18(17)26/h5-10,15,22H,3-4,11-14,16H2,1-2H3,(H,27,33)/t22-/m1/s1. The molecule has 10 heteroatoms. The number of urea groups is 1. The van der Waals surface area contributed by atoms with E-state index in [2.05, 4.69) is 10.2 Å². The first kappa shape index (κ1) is 24.8. The summed E-state index contributed by atoms with van der Waals surface area (Å²) >= 11 is 6.46. The Kier molecular flexibility index (Phi) is 7.77. The van der Waals surface area contributed by atoms with Gasteiger partial charge in [0, 0.05) is 50.0 Å². The van der Waals surface area contributed by atoms with Crippen molar-refractivity contribution in [2.75, 3.05) is 45.9 Å². The Bertz CT molecular complexity index is 1110. The molecule has 0 bridgehead atoms. The minimum absolute atomic E-state index is 0.146. The zero-order valence-electron chi connectivity index (χ0n) is 19.8. The highest BCUT2D eigenvalue weighted by Crippen LogP contribution is 2.35. The first-order valence-corrected chi connectivity index (χ1v) is 12.1. The van der Waals surface area contributed by atoms with Crippen molar-refractivity contribution < 1.29 is 23.5 Å². The molecule has 186 valence electrons. The molecule has 1 aromatic carbocycles. The molecule has 3 amide bonds. The van der Waals surface area contributed by atoms with E-state index >= 15 is 0 Å². The quantitative estimate of drug-likeness (QED) is 0.586. The Balaban J connectivity index is 1.62. The van der Waals surface area contributed by atoms with Crippen LogP contribution in [-0.2, 0) is 9.53 Å². The lowest BCUT2D eigenvalue weighted by Crippen LogP contribution is -2.53. The topological polar surface area (TPSA) is 95.3 Å². The van der Waals surface area contributed by atoms with Gasteiger partial charge in [0.15, 0.2) is 5.76 Å². The van der Waals surface area contributed by atoms with Gasteiger partial charge in [0.05, 0.1) is 24.5 Å². The summed E-state index contributed by atoms with van der Waals surface area (Å²) in [5, 5.41) is 3.38. The number of nitrogens with one attached hydrogen (secondary N) is 1. The van der Waals surface area contributed by atoms with Crippen molar-refractivity contribution in [2.24, 2.45) is 0 Å². The molecule has 1 atom stereocenters. The van der Waals surface area contributed by atoms with Gasteiger partial charge in [-0.05, 0) is 37.6 Å². The minimum Gasteiger partial charge on any atom is -0.463 e. The number of rotatable bonds is 7. The SMILES string of the molecule is CCOC(=O)C1=C(CN2CCN(C(=O)c3ccco3)CC2)N(CC)C(=O)N[C@@H]1c1ccccc1Cl. The van der Waals surface area contributed by atoms with Crippen LogP contribution < -0.4 is 5.32 Å². The van der Waals surface area contributed by atoms with Crippen LogP contribution >= 0.6 is 11.6 Å². The van der Waals surface area contributed by atoms with Gasteiger partial charge in [0.2, 0.25) is 0 Å². The second-order valence-electron chi connectivity index (χ2n) is 8.27. The third kappa shape index (κ3) is 5.21. The van der Waals surface area contributed by atoms with E-state index in [1.165, 1.54) is 6.26 Å². The molecule has 0 unspecified atom stereocenters. The maximum absolute atomic E-state index is 13.2. The van der Waals surface area contributed by atoms with Gasteiger partial charge in [-0.3, -0.25) is 14.6 Å². The van der Waals surface area contributed by atoms with Crippen LogP contribution in [-0.4, -0.2) is 78.5 Å². The van der Waals surface area contributed by atoms with E-state index in [9.17, 15) is 14.4 Å². The van der Waals surface area contributed by atoms with Crippen LogP contribution in [0.25, 0.3) is 0 Å². The number of hydrogen-bond donors (Lipinski definition) is 1. The number of carbonyl (C=O) groups excluding carboxylic acids is 3. The summed E-state index contributed by atoms with van der Waals surface area (Å²) in [6.45, 7) is 6.74. The first-order chi connectivity index (χ1) is 16.9. The fraction of sp³-hybridized carbons (Fsp3) is 0.400. The molecule has 3 heterocycles. The Morgan fingerprint density at radius 2 is 1.86 bits per heavy atom. The van der Waals surface area contributed by atoms with E-state index in [1.54, 1.807) is 47.1 Å². The van der Waals surface area contributed by atoms with Crippen molar-refractivity contribution in [1.82, 2.24) is 20.0 Å². The maximum Gasteiger partial charge on any atom is 0.338 e. The highest BCUT2D eigenvalue weighted by molar-refractivity contribution is 6.31. The number of furan rings is 1. The predicted octanol–water partition coefficient (Wildman–Crippen LogP) is 3.29. The number of amides is 3. The summed E-state index contributed by atoms with van der Waals surface area (Å²) in [7, 11) is 0. The number of ether oxygens (including phenoxy) is 1. The van der Waals surface area contributed by atoms with E-state index in [1.807, 2.05) is 13.0 Å². The van der Waals surface area contributed by atoms with Crippen molar-refractivity contribution >= 4 is 29.5 Å². The summed E-state index contributed by atoms with van der Waals surface area (Å²) in [4.78, 5) is 44.3. The zero-order chi connectivity index (χ0) is 24.9. The molecule has 2 aliphatic rings. The Morgan fingerprint density at radius 3 is 2.49 bits per heavy atom. The van der Waals surface area contributed by atoms with Crippen LogP contribution in [0.5, 0.6) is 0 Å². The zero-order valence-corrected chi connectivity index (χ0v) is 20.6. The van der Waals surface area contributed by atoms with Gasteiger partial charge in [-0.2, -0.15) is 0 Å². The third-order valence-electron chi connectivity index (χ3n) is 6.23. The van der Waals surface area contributed by atoms with Crippen molar-refractivity contribution in [3.63, 3.8) is 0 Å². The molecular formula is C25H29ClN4O5. The van der Waals surface area contributed by atoms with Crippen molar-refractivity contribution in [3.05, 3.63) is 70.3 Å². The van der Waals surface area contributed by atoms with Gasteiger partial charge in [0.1, 0.15) is 0 Å². The molecule has 1 saturated heterocycles. The number of hydrogen-bond acceptors (Lipinski definition) is 6. The van der Waals surface area contributed by atoms with Crippen LogP contribution in [0.2, 0.25) is 5.02 Å². The number of likely N-dealkylation sites (N-methyl/N-ethyl adjacent to an activating group) is 1. The Labute approximate surface area is 209 Å². The molecule has 2 aromatic rings. The highest BCUT2D eigenvalue weighted by atomic mass is 35.5. The van der Waals surface area contributed by atoms with E-state index in [0.717, 1.165) is 0 Å². The van der Waals surface area contributed by atoms with Gasteiger partial charge < -0.3 is 19.4 Å². The van der Waals surface area contributed by atoms with Crippen molar-refractivity contribution in [3.8, 4) is 0 Å². The number of carbonyl (C=O) groups is 3. The van der Waals surface area contributed by atoms with Gasteiger partial charge in [-0.1, -0.05) is 29.8 Å². The number of benzene rings is 1. The summed E-state index contributed by atoms with van der Waals surface area (Å²) in [5.74, 6) is -0.320. The third-order valence-corrected chi connectivity index (χ3v) is 6.58. The summed E-state index contributed by atoms with van der Waals surface area (Å²) in [6.07, 6.45) is 1.48. The van der Waals surface area contributed by atoms with Gasteiger partial charge in [-0.15, -0.1) is 0 Å². The second-order valence-corrected chi connectivity index (χ2v) is 8.68. The van der Waals surface area contributed by atoms with E-state index < -0.39 is 12.0 Å². The molecule has 1 N–H and O–H groups in total. The van der Waals surface area contributed by atoms with Crippen LogP contribution in [0.1, 0.15) is 36.0 Å². The second kappa shape index (κ2) is 11.0. The minimum atomic E-state index is -0.727. The van der Waals surface area contributed by atoms with Gasteiger partial charge in [-0.25, -0.2) is 9.59 Å². The Morgan fingerprint density at radius 1 is 1.11 bits per heavy atom. The molecular weight excluding hydrogens is 472 g/mol. The molecule has 9 nitrogen and oxygen atoms in total. The molecule has 1 fully saturated rings. The lowest BCUT2D eigenvalue weighted by Gasteiger charge is -2.40. The number of esters is 1. The molecule has 4 rings (SSSR count). The van der Waals surface area contributed by atoms with Crippen molar-refractivity contribution in [2.45, 2.75) is 19.9 Å². The molecule has 0 saturated carbocycles. The average Bonchev–Trinajstić information content (AvgIpc) is 3.39. The van der Waals surface area contributed by atoms with Crippen molar-refractivity contribution in [1.29, 1.82) is 0 Å². The normalized spacial score (nSPS) is 19.1. The number of piperazine rings is 1. The van der Waals surface area contributed by atoms with Gasteiger partial charge >= 0.3 is 12.0 Å². The molecule has 0 spiro atoms. The van der Waals surface area contributed by atoms with Crippen LogP contribution in [0.4, 0.5) is 4.79 Å². The average molecular weight is 501 g/mol. The lowest BCUT2D eigenvalue weighted by molar-refractivity contribution is -0.139. The molecule has 2 aliphatic heterocycles. The maximum atomic E-state index is 13.2. The van der Waals surface area contributed by atoms with E-state index in [0.29, 0.717) is 66.9 Å². The molecule has 0 radical (unpaired) electrons.